The largest absolute Gasteiger partial charge is 0.393 e. The second kappa shape index (κ2) is 10.1. The van der Waals surface area contributed by atoms with Gasteiger partial charge in [0.05, 0.1) is 30.1 Å². The molecule has 0 bridgehead atoms. The van der Waals surface area contributed by atoms with E-state index in [0.29, 0.717) is 30.4 Å². The number of alkyl halides is 4. The van der Waals surface area contributed by atoms with Gasteiger partial charge in [0.15, 0.2) is 0 Å². The van der Waals surface area contributed by atoms with Crippen LogP contribution in [0.3, 0.4) is 0 Å². The predicted octanol–water partition coefficient (Wildman–Crippen LogP) is 3.81. The fourth-order valence-corrected chi connectivity index (χ4v) is 4.61. The summed E-state index contributed by atoms with van der Waals surface area (Å²) in [5.41, 5.74) is 0.674. The number of hydrogen-bond donors (Lipinski definition) is 2. The number of carbonyl (C=O) groups excluding carboxylic acids is 1. The average Bonchev–Trinajstić information content (AvgIpc) is 3.47. The molecule has 1 aliphatic heterocycles. The summed E-state index contributed by atoms with van der Waals surface area (Å²) >= 11 is 0. The minimum atomic E-state index is -4.47. The van der Waals surface area contributed by atoms with Gasteiger partial charge in [-0.1, -0.05) is 12.0 Å². The highest BCUT2D eigenvalue weighted by atomic mass is 19.4. The van der Waals surface area contributed by atoms with Crippen molar-refractivity contribution in [2.24, 2.45) is 0 Å². The molecule has 4 heterocycles. The van der Waals surface area contributed by atoms with E-state index < -0.39 is 24.8 Å². The molecule has 11 heteroatoms. The Balaban J connectivity index is 1.35. The van der Waals surface area contributed by atoms with Crippen molar-refractivity contribution >= 4 is 17.2 Å². The van der Waals surface area contributed by atoms with Crippen molar-refractivity contribution in [3.63, 3.8) is 0 Å². The average molecular weight is 517 g/mol. The van der Waals surface area contributed by atoms with E-state index in [-0.39, 0.29) is 35.8 Å². The molecule has 1 saturated carbocycles. The van der Waals surface area contributed by atoms with E-state index in [1.54, 1.807) is 24.4 Å². The third-order valence-corrected chi connectivity index (χ3v) is 6.70. The fraction of sp³-hybridized carbons (Fsp3) is 0.462. The minimum absolute atomic E-state index is 0.0270. The monoisotopic (exact) mass is 516 g/mol. The molecule has 1 aliphatic carbocycles. The van der Waals surface area contributed by atoms with Gasteiger partial charge in [0.2, 0.25) is 0 Å². The van der Waals surface area contributed by atoms with Gasteiger partial charge in [-0.05, 0) is 50.4 Å². The van der Waals surface area contributed by atoms with Gasteiger partial charge < -0.3 is 20.1 Å². The number of carbonyl (C=O) groups is 1. The molecule has 2 N–H and O–H groups in total. The molecule has 0 radical (unpaired) electrons. The Morgan fingerprint density at radius 2 is 2.03 bits per heavy atom. The second-order valence-electron chi connectivity index (χ2n) is 9.71. The van der Waals surface area contributed by atoms with Crippen LogP contribution in [0.15, 0.2) is 36.7 Å². The van der Waals surface area contributed by atoms with Gasteiger partial charge in [0.1, 0.15) is 17.7 Å². The first kappa shape index (κ1) is 25.1. The maximum Gasteiger partial charge on any atom is 0.393 e. The lowest BCUT2D eigenvalue weighted by atomic mass is 10.0. The molecule has 3 aromatic heterocycles. The number of nitrogens with zero attached hydrogens (tertiary/aromatic N) is 4. The van der Waals surface area contributed by atoms with Crippen LogP contribution < -0.4 is 10.6 Å². The minimum Gasteiger partial charge on any atom is -0.364 e. The number of halogens is 4. The molecular weight excluding hydrogens is 488 g/mol. The van der Waals surface area contributed by atoms with E-state index in [9.17, 15) is 22.4 Å². The van der Waals surface area contributed by atoms with Gasteiger partial charge in [-0.3, -0.25) is 4.79 Å². The van der Waals surface area contributed by atoms with E-state index in [1.165, 1.54) is 10.6 Å². The Morgan fingerprint density at radius 3 is 2.76 bits per heavy atom. The molecule has 0 unspecified atom stereocenters. The maximum absolute atomic E-state index is 14.6. The highest BCUT2D eigenvalue weighted by molar-refractivity contribution is 5.94. The van der Waals surface area contributed by atoms with Crippen LogP contribution >= 0.6 is 0 Å². The Kier molecular flexibility index (Phi) is 6.86. The fourth-order valence-electron chi connectivity index (χ4n) is 4.61. The Morgan fingerprint density at radius 1 is 1.22 bits per heavy atom. The summed E-state index contributed by atoms with van der Waals surface area (Å²) in [6, 6.07) is 6.53. The number of rotatable bonds is 6. The zero-order valence-electron chi connectivity index (χ0n) is 20.4. The highest BCUT2D eigenvalue weighted by Gasteiger charge is 2.32. The van der Waals surface area contributed by atoms with Gasteiger partial charge in [-0.25, -0.2) is 8.91 Å². The first-order chi connectivity index (χ1) is 17.7. The molecular formula is C26H28F4N6O. The number of fused-ring (bicyclic) bond motifs is 1. The Labute approximate surface area is 211 Å². The van der Waals surface area contributed by atoms with Gasteiger partial charge in [0.25, 0.3) is 5.91 Å². The number of amides is 1. The van der Waals surface area contributed by atoms with Gasteiger partial charge in [-0.2, -0.15) is 18.3 Å². The summed E-state index contributed by atoms with van der Waals surface area (Å²) in [7, 11) is 1.85. The first-order valence-corrected chi connectivity index (χ1v) is 12.3. The van der Waals surface area contributed by atoms with Crippen LogP contribution in [0.4, 0.5) is 23.4 Å². The number of pyridine rings is 1. The number of aromatic nitrogens is 3. The second-order valence-corrected chi connectivity index (χ2v) is 9.71. The molecule has 2 atom stereocenters. The molecule has 2 fully saturated rings. The predicted molar refractivity (Wildman–Crippen MR) is 131 cm³/mol. The molecule has 7 nitrogen and oxygen atoms in total. The standard InChI is InChI=1S/C26H28F4N6O/c1-34-12-10-22(20(27)16-34)32-24-6-2-5-23-19(14-26(28,29)30)21(33-36(23)24)4-3-11-31-25(37)17-9-13-35(15-17)18-7-8-18/h2,5-6,9,13,15,18,20,22,32H,7-8,10-12,14,16H2,1H3,(H,31,37)/t20-,22+/m0/s1. The molecule has 3 aromatic rings. The third kappa shape index (κ3) is 5.91. The van der Waals surface area contributed by atoms with Crippen molar-refractivity contribution in [3.8, 4) is 11.8 Å². The Bertz CT molecular complexity index is 1350. The van der Waals surface area contributed by atoms with Gasteiger partial charge >= 0.3 is 6.18 Å². The number of piperidine rings is 1. The molecule has 196 valence electrons. The summed E-state index contributed by atoms with van der Waals surface area (Å²) < 4.78 is 58.2. The number of hydrogen-bond acceptors (Lipinski definition) is 4. The van der Waals surface area contributed by atoms with Crippen LogP contribution in [0.5, 0.6) is 0 Å². The van der Waals surface area contributed by atoms with Gasteiger partial charge in [0, 0.05) is 37.1 Å². The lowest BCUT2D eigenvalue weighted by Gasteiger charge is -2.33. The molecule has 37 heavy (non-hydrogen) atoms. The zero-order chi connectivity index (χ0) is 26.2. The van der Waals surface area contributed by atoms with Crippen molar-refractivity contribution < 1.29 is 22.4 Å². The summed E-state index contributed by atoms with van der Waals surface area (Å²) in [6.45, 7) is 0.942. The van der Waals surface area contributed by atoms with Crippen molar-refractivity contribution in [1.82, 2.24) is 24.4 Å². The SMILES string of the molecule is CN1CC[C@@H](Nc2cccc3c(CC(F)(F)F)c(C#CCNC(=O)c4ccn(C5CC5)c4)nn23)[C@@H](F)C1. The van der Waals surface area contributed by atoms with Crippen molar-refractivity contribution in [3.05, 3.63) is 53.5 Å². The molecule has 1 amide bonds. The van der Waals surface area contributed by atoms with E-state index in [1.807, 2.05) is 22.7 Å². The number of nitrogens with one attached hydrogen (secondary N) is 2. The Hall–Kier alpha value is -3.52. The summed E-state index contributed by atoms with van der Waals surface area (Å²) in [5.74, 6) is 5.53. The smallest absolute Gasteiger partial charge is 0.364 e. The highest BCUT2D eigenvalue weighted by Crippen LogP contribution is 2.35. The summed E-state index contributed by atoms with van der Waals surface area (Å²) in [4.78, 5) is 14.3. The lowest BCUT2D eigenvalue weighted by Crippen LogP contribution is -2.46. The van der Waals surface area contributed by atoms with E-state index in [0.717, 1.165) is 12.8 Å². The first-order valence-electron chi connectivity index (χ1n) is 12.3. The third-order valence-electron chi connectivity index (χ3n) is 6.70. The molecule has 0 aromatic carbocycles. The quantitative estimate of drug-likeness (QED) is 0.386. The summed E-state index contributed by atoms with van der Waals surface area (Å²) in [5, 5.41) is 10.1. The summed E-state index contributed by atoms with van der Waals surface area (Å²) in [6.07, 6.45) is -0.390. The maximum atomic E-state index is 14.6. The van der Waals surface area contributed by atoms with Crippen LogP contribution in [-0.4, -0.2) is 70.1 Å². The van der Waals surface area contributed by atoms with Crippen LogP contribution in [0.2, 0.25) is 0 Å². The van der Waals surface area contributed by atoms with Crippen molar-refractivity contribution in [2.75, 3.05) is 32.0 Å². The van der Waals surface area contributed by atoms with Crippen molar-refractivity contribution in [1.29, 1.82) is 0 Å². The van der Waals surface area contributed by atoms with Crippen molar-refractivity contribution in [2.45, 2.75) is 50.1 Å². The molecule has 0 spiro atoms. The normalized spacial score (nSPS) is 20.5. The molecule has 5 rings (SSSR count). The molecule has 2 aliphatic rings. The zero-order valence-corrected chi connectivity index (χ0v) is 20.4. The topological polar surface area (TPSA) is 66.6 Å². The molecule has 1 saturated heterocycles. The van der Waals surface area contributed by atoms with Crippen LogP contribution in [0.1, 0.15) is 46.9 Å². The lowest BCUT2D eigenvalue weighted by molar-refractivity contribution is -0.127. The van der Waals surface area contributed by atoms with Crippen LogP contribution in [0, 0.1) is 11.8 Å². The van der Waals surface area contributed by atoms with E-state index in [4.69, 9.17) is 0 Å². The van der Waals surface area contributed by atoms with Crippen LogP contribution in [-0.2, 0) is 6.42 Å². The van der Waals surface area contributed by atoms with Gasteiger partial charge in [-0.15, -0.1) is 0 Å². The number of anilines is 1. The van der Waals surface area contributed by atoms with E-state index in [2.05, 4.69) is 27.6 Å². The number of likely N-dealkylation sites (tertiary alicyclic amines) is 1. The van der Waals surface area contributed by atoms with E-state index >= 15 is 0 Å². The van der Waals surface area contributed by atoms with Crippen LogP contribution in [0.25, 0.3) is 5.52 Å².